The zero-order valence-corrected chi connectivity index (χ0v) is 8.40. The zero-order valence-electron chi connectivity index (χ0n) is 8.40. The normalized spacial score (nSPS) is 12.6. The van der Waals surface area contributed by atoms with E-state index >= 15 is 0 Å². The monoisotopic (exact) mass is 195 g/mol. The largest absolute Gasteiger partial charge is 0.480 e. The number of hydrogen-bond acceptors (Lipinski definition) is 4. The van der Waals surface area contributed by atoms with Crippen molar-refractivity contribution in [1.82, 2.24) is 9.97 Å². The van der Waals surface area contributed by atoms with Crippen molar-refractivity contribution >= 4 is 5.97 Å². The molecule has 14 heavy (non-hydrogen) atoms. The van der Waals surface area contributed by atoms with Gasteiger partial charge in [0.1, 0.15) is 11.9 Å². The molecule has 5 nitrogen and oxygen atoms in total. The van der Waals surface area contributed by atoms with E-state index in [9.17, 15) is 4.79 Å². The van der Waals surface area contributed by atoms with Gasteiger partial charge in [0, 0.05) is 17.0 Å². The van der Waals surface area contributed by atoms with Crippen LogP contribution >= 0.6 is 0 Å². The van der Waals surface area contributed by atoms with Crippen LogP contribution in [0.5, 0.6) is 0 Å². The molecule has 0 amide bonds. The van der Waals surface area contributed by atoms with E-state index in [0.29, 0.717) is 22.8 Å². The molecule has 0 aliphatic rings. The van der Waals surface area contributed by atoms with Gasteiger partial charge >= 0.3 is 5.97 Å². The number of aromatic nitrogens is 2. The van der Waals surface area contributed by atoms with Crippen LogP contribution in [0.4, 0.5) is 0 Å². The van der Waals surface area contributed by atoms with Crippen LogP contribution in [0.3, 0.4) is 0 Å². The molecule has 0 fully saturated rings. The van der Waals surface area contributed by atoms with Crippen molar-refractivity contribution in [3.8, 4) is 0 Å². The molecule has 1 rings (SSSR count). The van der Waals surface area contributed by atoms with E-state index < -0.39 is 12.0 Å². The zero-order chi connectivity index (χ0) is 10.9. The van der Waals surface area contributed by atoms with Crippen molar-refractivity contribution < 1.29 is 9.90 Å². The molecule has 0 bridgehead atoms. The Morgan fingerprint density at radius 3 is 2.07 bits per heavy atom. The second-order valence-electron chi connectivity index (χ2n) is 3.17. The predicted molar refractivity (Wildman–Crippen MR) is 50.8 cm³/mol. The van der Waals surface area contributed by atoms with Gasteiger partial charge in [-0.2, -0.15) is 0 Å². The number of nitrogens with two attached hydrogens (primary N) is 1. The highest BCUT2D eigenvalue weighted by molar-refractivity contribution is 5.75. The Kier molecular flexibility index (Phi) is 2.81. The molecule has 0 saturated carbocycles. The van der Waals surface area contributed by atoms with E-state index in [2.05, 4.69) is 9.97 Å². The molecule has 1 heterocycles. The van der Waals surface area contributed by atoms with Gasteiger partial charge in [-0.05, 0) is 20.8 Å². The molecular weight excluding hydrogens is 182 g/mol. The summed E-state index contributed by atoms with van der Waals surface area (Å²) in [5, 5.41) is 8.77. The summed E-state index contributed by atoms with van der Waals surface area (Å²) in [4.78, 5) is 18.9. The minimum absolute atomic E-state index is 0.503. The fourth-order valence-electron chi connectivity index (χ4n) is 1.47. The summed E-state index contributed by atoms with van der Waals surface area (Å²) in [6.45, 7) is 5.23. The van der Waals surface area contributed by atoms with Crippen LogP contribution in [0.2, 0.25) is 0 Å². The first-order chi connectivity index (χ1) is 6.43. The van der Waals surface area contributed by atoms with Gasteiger partial charge in [0.05, 0.1) is 0 Å². The minimum atomic E-state index is -1.07. The number of hydrogen-bond donors (Lipinski definition) is 2. The first kappa shape index (κ1) is 10.6. The molecule has 0 aromatic carbocycles. The van der Waals surface area contributed by atoms with E-state index in [1.807, 2.05) is 0 Å². The summed E-state index contributed by atoms with van der Waals surface area (Å²) in [5.41, 5.74) is 7.27. The van der Waals surface area contributed by atoms with Gasteiger partial charge in [0.25, 0.3) is 0 Å². The van der Waals surface area contributed by atoms with Gasteiger partial charge in [-0.15, -0.1) is 0 Å². The molecule has 3 N–H and O–H groups in total. The van der Waals surface area contributed by atoms with Crippen molar-refractivity contribution in [2.24, 2.45) is 5.73 Å². The standard InChI is InChI=1S/C9H13N3O2/c1-4-7(8(10)9(13)14)5(2)12-6(3)11-4/h8H,10H2,1-3H3,(H,13,14). The summed E-state index contributed by atoms with van der Waals surface area (Å²) < 4.78 is 0. The first-order valence-corrected chi connectivity index (χ1v) is 4.23. The average molecular weight is 195 g/mol. The number of carbonyl (C=O) groups is 1. The van der Waals surface area contributed by atoms with Crippen LogP contribution in [0.15, 0.2) is 0 Å². The fourth-order valence-corrected chi connectivity index (χ4v) is 1.47. The number of rotatable bonds is 2. The third kappa shape index (κ3) is 1.88. The number of carboxylic acid groups (broad SMARTS) is 1. The SMILES string of the molecule is Cc1nc(C)c(C(N)C(=O)O)c(C)n1. The molecule has 0 spiro atoms. The maximum atomic E-state index is 10.7. The topological polar surface area (TPSA) is 89.1 Å². The molecule has 0 radical (unpaired) electrons. The summed E-state index contributed by atoms with van der Waals surface area (Å²) >= 11 is 0. The van der Waals surface area contributed by atoms with Crippen LogP contribution in [0.1, 0.15) is 28.8 Å². The highest BCUT2D eigenvalue weighted by Gasteiger charge is 2.20. The number of aliphatic carboxylic acids is 1. The fraction of sp³-hybridized carbons (Fsp3) is 0.444. The van der Waals surface area contributed by atoms with Crippen LogP contribution < -0.4 is 5.73 Å². The maximum absolute atomic E-state index is 10.7. The summed E-state index contributed by atoms with van der Waals surface area (Å²) in [7, 11) is 0. The number of aryl methyl sites for hydroxylation is 3. The van der Waals surface area contributed by atoms with Gasteiger partial charge in [-0.1, -0.05) is 0 Å². The van der Waals surface area contributed by atoms with E-state index in [4.69, 9.17) is 10.8 Å². The Morgan fingerprint density at radius 2 is 1.71 bits per heavy atom. The van der Waals surface area contributed by atoms with E-state index in [1.54, 1.807) is 20.8 Å². The second kappa shape index (κ2) is 3.71. The van der Waals surface area contributed by atoms with E-state index in [1.165, 1.54) is 0 Å². The van der Waals surface area contributed by atoms with Gasteiger partial charge in [-0.25, -0.2) is 9.97 Å². The molecule has 1 unspecified atom stereocenters. The lowest BCUT2D eigenvalue weighted by Crippen LogP contribution is -2.24. The Balaban J connectivity index is 3.27. The molecule has 1 aromatic heterocycles. The van der Waals surface area contributed by atoms with E-state index in [-0.39, 0.29) is 0 Å². The Hall–Kier alpha value is -1.49. The molecule has 76 valence electrons. The van der Waals surface area contributed by atoms with Crippen LogP contribution in [0, 0.1) is 20.8 Å². The molecule has 0 saturated heterocycles. The Bertz CT molecular complexity index is 353. The van der Waals surface area contributed by atoms with E-state index in [0.717, 1.165) is 0 Å². The lowest BCUT2D eigenvalue weighted by atomic mass is 10.0. The van der Waals surface area contributed by atoms with Crippen LogP contribution in [-0.4, -0.2) is 21.0 Å². The lowest BCUT2D eigenvalue weighted by molar-refractivity contribution is -0.138. The smallest absolute Gasteiger partial charge is 0.325 e. The van der Waals surface area contributed by atoms with Crippen molar-refractivity contribution in [1.29, 1.82) is 0 Å². The predicted octanol–water partition coefficient (Wildman–Crippen LogP) is 0.486. The Morgan fingerprint density at radius 1 is 1.29 bits per heavy atom. The van der Waals surface area contributed by atoms with Gasteiger partial charge in [0.2, 0.25) is 0 Å². The second-order valence-corrected chi connectivity index (χ2v) is 3.17. The third-order valence-electron chi connectivity index (χ3n) is 2.02. The van der Waals surface area contributed by atoms with Crippen LogP contribution in [0.25, 0.3) is 0 Å². The minimum Gasteiger partial charge on any atom is -0.480 e. The molecule has 5 heteroatoms. The highest BCUT2D eigenvalue weighted by Crippen LogP contribution is 2.17. The van der Waals surface area contributed by atoms with Crippen molar-refractivity contribution in [3.05, 3.63) is 22.8 Å². The Labute approximate surface area is 82.0 Å². The van der Waals surface area contributed by atoms with Gasteiger partial charge in [-0.3, -0.25) is 4.79 Å². The molecule has 0 aliphatic carbocycles. The highest BCUT2D eigenvalue weighted by atomic mass is 16.4. The van der Waals surface area contributed by atoms with Gasteiger partial charge in [0.15, 0.2) is 0 Å². The third-order valence-corrected chi connectivity index (χ3v) is 2.02. The maximum Gasteiger partial charge on any atom is 0.325 e. The first-order valence-electron chi connectivity index (χ1n) is 4.23. The quantitative estimate of drug-likeness (QED) is 0.716. The van der Waals surface area contributed by atoms with Crippen LogP contribution in [-0.2, 0) is 4.79 Å². The molecule has 0 aliphatic heterocycles. The van der Waals surface area contributed by atoms with Crippen molar-refractivity contribution in [2.75, 3.05) is 0 Å². The molecule has 1 atom stereocenters. The number of carboxylic acids is 1. The molecule has 1 aromatic rings. The summed E-state index contributed by atoms with van der Waals surface area (Å²) in [5.74, 6) is -0.440. The van der Waals surface area contributed by atoms with Crippen molar-refractivity contribution in [3.63, 3.8) is 0 Å². The number of nitrogens with zero attached hydrogens (tertiary/aromatic N) is 2. The van der Waals surface area contributed by atoms with Gasteiger partial charge < -0.3 is 10.8 Å². The summed E-state index contributed by atoms with van der Waals surface area (Å²) in [6, 6.07) is -1.05. The summed E-state index contributed by atoms with van der Waals surface area (Å²) in [6.07, 6.45) is 0. The average Bonchev–Trinajstić information content (AvgIpc) is 2.01. The van der Waals surface area contributed by atoms with Crippen molar-refractivity contribution in [2.45, 2.75) is 26.8 Å². The molecular formula is C9H13N3O2. The lowest BCUT2D eigenvalue weighted by Gasteiger charge is -2.12.